The van der Waals surface area contributed by atoms with Crippen LogP contribution in [0.1, 0.15) is 30.9 Å². The Kier molecular flexibility index (Phi) is 6.28. The number of rotatable bonds is 7. The van der Waals surface area contributed by atoms with Crippen LogP contribution in [0.2, 0.25) is 5.02 Å². The third-order valence-electron chi connectivity index (χ3n) is 5.08. The molecule has 1 atom stereocenters. The van der Waals surface area contributed by atoms with E-state index in [1.54, 1.807) is 12.3 Å². The predicted molar refractivity (Wildman–Crippen MR) is 122 cm³/mol. The zero-order valence-electron chi connectivity index (χ0n) is 17.4. The summed E-state index contributed by atoms with van der Waals surface area (Å²) >= 11 is 6.16. The summed E-state index contributed by atoms with van der Waals surface area (Å²) in [7, 11) is 0. The van der Waals surface area contributed by atoms with E-state index in [2.05, 4.69) is 0 Å². The van der Waals surface area contributed by atoms with E-state index in [4.69, 9.17) is 25.5 Å². The molecule has 0 bridgehead atoms. The van der Waals surface area contributed by atoms with E-state index < -0.39 is 5.92 Å². The fourth-order valence-electron chi connectivity index (χ4n) is 3.59. The molecule has 1 unspecified atom stereocenters. The van der Waals surface area contributed by atoms with Crippen molar-refractivity contribution < 1.29 is 18.7 Å². The van der Waals surface area contributed by atoms with Crippen LogP contribution in [0.15, 0.2) is 83.5 Å². The van der Waals surface area contributed by atoms with Gasteiger partial charge in [-0.15, -0.1) is 0 Å². The second-order valence-electron chi connectivity index (χ2n) is 7.72. The number of carbonyl (C=O) groups is 1. The van der Waals surface area contributed by atoms with Crippen LogP contribution in [0.5, 0.6) is 11.5 Å². The Morgan fingerprint density at radius 3 is 2.52 bits per heavy atom. The molecule has 4 nitrogen and oxygen atoms in total. The van der Waals surface area contributed by atoms with Gasteiger partial charge in [0.05, 0.1) is 12.2 Å². The van der Waals surface area contributed by atoms with Gasteiger partial charge >= 0.3 is 5.97 Å². The molecule has 31 heavy (non-hydrogen) atoms. The fourth-order valence-corrected chi connectivity index (χ4v) is 3.76. The fraction of sp³-hybridized carbons (Fsp3) is 0.192. The van der Waals surface area contributed by atoms with Gasteiger partial charge in [-0.1, -0.05) is 55.8 Å². The van der Waals surface area contributed by atoms with Crippen molar-refractivity contribution in [2.75, 3.05) is 0 Å². The first kappa shape index (κ1) is 21.0. The van der Waals surface area contributed by atoms with Crippen molar-refractivity contribution >= 4 is 28.5 Å². The first-order valence-corrected chi connectivity index (χ1v) is 10.5. The first-order valence-electron chi connectivity index (χ1n) is 10.2. The predicted octanol–water partition coefficient (Wildman–Crippen LogP) is 7.36. The summed E-state index contributed by atoms with van der Waals surface area (Å²) in [4.78, 5) is 13.0. The van der Waals surface area contributed by atoms with Crippen molar-refractivity contribution in [1.82, 2.24) is 0 Å². The van der Waals surface area contributed by atoms with Crippen molar-refractivity contribution in [2.45, 2.75) is 26.4 Å². The van der Waals surface area contributed by atoms with Gasteiger partial charge in [0.1, 0.15) is 23.7 Å². The molecule has 0 radical (unpaired) electrons. The summed E-state index contributed by atoms with van der Waals surface area (Å²) in [6.45, 7) is 4.14. The van der Waals surface area contributed by atoms with Gasteiger partial charge in [-0.05, 0) is 53.9 Å². The Bertz CT molecular complexity index is 1180. The molecule has 0 N–H and O–H groups in total. The lowest BCUT2D eigenvalue weighted by Crippen LogP contribution is -2.20. The van der Waals surface area contributed by atoms with Crippen molar-refractivity contribution in [2.24, 2.45) is 5.92 Å². The van der Waals surface area contributed by atoms with Gasteiger partial charge in [-0.25, -0.2) is 0 Å². The van der Waals surface area contributed by atoms with Gasteiger partial charge in [0.2, 0.25) is 0 Å². The lowest BCUT2D eigenvalue weighted by atomic mass is 9.88. The van der Waals surface area contributed by atoms with E-state index >= 15 is 0 Å². The SMILES string of the molecule is CC(C)C(C(=O)OCc1cccc(Oc2ccccc2)c1)c1coc2ccc(Cl)cc12. The molecular weight excluding hydrogens is 412 g/mol. The molecule has 0 saturated heterocycles. The van der Waals surface area contributed by atoms with Crippen LogP contribution >= 0.6 is 11.6 Å². The number of furan rings is 1. The summed E-state index contributed by atoms with van der Waals surface area (Å²) in [6, 6.07) is 22.5. The van der Waals surface area contributed by atoms with E-state index in [1.807, 2.05) is 80.6 Å². The molecule has 0 saturated carbocycles. The van der Waals surface area contributed by atoms with Gasteiger partial charge in [0, 0.05) is 16.0 Å². The molecule has 1 aromatic heterocycles. The maximum absolute atomic E-state index is 13.0. The van der Waals surface area contributed by atoms with E-state index in [9.17, 15) is 4.79 Å². The molecule has 5 heteroatoms. The molecule has 0 fully saturated rings. The van der Waals surface area contributed by atoms with E-state index in [0.717, 1.165) is 22.3 Å². The van der Waals surface area contributed by atoms with Crippen LogP contribution in [-0.2, 0) is 16.1 Å². The normalized spacial score (nSPS) is 12.1. The highest BCUT2D eigenvalue weighted by molar-refractivity contribution is 6.31. The lowest BCUT2D eigenvalue weighted by Gasteiger charge is -2.19. The number of para-hydroxylation sites is 1. The van der Waals surface area contributed by atoms with Crippen molar-refractivity contribution in [3.63, 3.8) is 0 Å². The van der Waals surface area contributed by atoms with Gasteiger partial charge in [0.25, 0.3) is 0 Å². The quantitative estimate of drug-likeness (QED) is 0.285. The van der Waals surface area contributed by atoms with E-state index in [1.165, 1.54) is 0 Å². The Labute approximate surface area is 186 Å². The minimum absolute atomic E-state index is 0.0278. The molecule has 1 heterocycles. The number of fused-ring (bicyclic) bond motifs is 1. The molecule has 0 aliphatic carbocycles. The third-order valence-corrected chi connectivity index (χ3v) is 5.31. The highest BCUT2D eigenvalue weighted by Gasteiger charge is 2.29. The van der Waals surface area contributed by atoms with Crippen LogP contribution in [0.3, 0.4) is 0 Å². The molecule has 0 amide bonds. The van der Waals surface area contributed by atoms with Crippen molar-refractivity contribution in [3.05, 3.63) is 95.2 Å². The summed E-state index contributed by atoms with van der Waals surface area (Å²) in [5, 5.41) is 1.43. The Balaban J connectivity index is 1.49. The van der Waals surface area contributed by atoms with Crippen LogP contribution in [0.25, 0.3) is 11.0 Å². The number of benzene rings is 3. The Hall–Kier alpha value is -3.24. The molecule has 3 aromatic carbocycles. The minimum atomic E-state index is -0.455. The smallest absolute Gasteiger partial charge is 0.314 e. The molecular formula is C26H23ClO4. The number of hydrogen-bond donors (Lipinski definition) is 0. The molecule has 4 aromatic rings. The largest absolute Gasteiger partial charge is 0.464 e. The van der Waals surface area contributed by atoms with Crippen molar-refractivity contribution in [1.29, 1.82) is 0 Å². The number of halogens is 1. The van der Waals surface area contributed by atoms with Crippen LogP contribution in [0.4, 0.5) is 0 Å². The van der Waals surface area contributed by atoms with Gasteiger partial charge in [-0.2, -0.15) is 0 Å². The highest BCUT2D eigenvalue weighted by Crippen LogP contribution is 2.35. The number of hydrogen-bond acceptors (Lipinski definition) is 4. The van der Waals surface area contributed by atoms with E-state index in [0.29, 0.717) is 16.4 Å². The summed E-state index contributed by atoms with van der Waals surface area (Å²) < 4.78 is 17.2. The van der Waals surface area contributed by atoms with Crippen LogP contribution in [-0.4, -0.2) is 5.97 Å². The molecule has 0 aliphatic rings. The van der Waals surface area contributed by atoms with E-state index in [-0.39, 0.29) is 18.5 Å². The maximum Gasteiger partial charge on any atom is 0.314 e. The number of carbonyl (C=O) groups excluding carboxylic acids is 1. The monoisotopic (exact) mass is 434 g/mol. The van der Waals surface area contributed by atoms with Gasteiger partial charge < -0.3 is 13.9 Å². The summed E-state index contributed by atoms with van der Waals surface area (Å²) in [5.74, 6) is 0.716. The topological polar surface area (TPSA) is 48.7 Å². The molecule has 0 spiro atoms. The second-order valence-corrected chi connectivity index (χ2v) is 8.16. The van der Waals surface area contributed by atoms with Crippen LogP contribution in [0, 0.1) is 5.92 Å². The number of ether oxygens (including phenoxy) is 2. The lowest BCUT2D eigenvalue weighted by molar-refractivity contribution is -0.148. The third kappa shape index (κ3) is 4.92. The molecule has 158 valence electrons. The molecule has 4 rings (SSSR count). The van der Waals surface area contributed by atoms with Crippen molar-refractivity contribution in [3.8, 4) is 11.5 Å². The average Bonchev–Trinajstić information content (AvgIpc) is 3.16. The van der Waals surface area contributed by atoms with Gasteiger partial charge in [0.15, 0.2) is 0 Å². The second kappa shape index (κ2) is 9.27. The number of esters is 1. The minimum Gasteiger partial charge on any atom is -0.464 e. The zero-order valence-corrected chi connectivity index (χ0v) is 18.1. The summed E-state index contributed by atoms with van der Waals surface area (Å²) in [6.07, 6.45) is 1.63. The van der Waals surface area contributed by atoms with Crippen LogP contribution < -0.4 is 4.74 Å². The Morgan fingerprint density at radius 1 is 0.968 bits per heavy atom. The molecule has 0 aliphatic heterocycles. The Morgan fingerprint density at radius 2 is 1.74 bits per heavy atom. The summed E-state index contributed by atoms with van der Waals surface area (Å²) in [5.41, 5.74) is 2.34. The maximum atomic E-state index is 13.0. The zero-order chi connectivity index (χ0) is 21.8. The average molecular weight is 435 g/mol. The standard InChI is InChI=1S/C26H23ClO4/c1-17(2)25(23-16-29-24-12-11-19(27)14-22(23)24)26(28)30-15-18-7-6-10-21(13-18)31-20-8-4-3-5-9-20/h3-14,16-17,25H,15H2,1-2H3. The first-order chi connectivity index (χ1) is 15.0. The van der Waals surface area contributed by atoms with Gasteiger partial charge in [-0.3, -0.25) is 4.79 Å². The highest BCUT2D eigenvalue weighted by atomic mass is 35.5.